The molecule has 0 amide bonds. The van der Waals surface area contributed by atoms with Crippen molar-refractivity contribution in [1.82, 2.24) is 0 Å². The highest BCUT2D eigenvalue weighted by molar-refractivity contribution is 5.65. The summed E-state index contributed by atoms with van der Waals surface area (Å²) in [5, 5.41) is 8.78. The smallest absolute Gasteiger partial charge is 0.132 e. The third-order valence-corrected chi connectivity index (χ3v) is 3.93. The van der Waals surface area contributed by atoms with Crippen LogP contribution in [0.5, 0.6) is 0 Å². The van der Waals surface area contributed by atoms with Gasteiger partial charge in [-0.05, 0) is 36.1 Å². The van der Waals surface area contributed by atoms with Crippen molar-refractivity contribution in [3.63, 3.8) is 0 Å². The van der Waals surface area contributed by atoms with Gasteiger partial charge in [-0.1, -0.05) is 62.9 Å². The third kappa shape index (κ3) is 4.43. The standard InChI is InChI=1S/C20H22FN/c1-2-3-4-5-6-7-16-8-11-18(12-9-16)19-13-10-17(15-22)14-20(19)21/h8-14H,2-7H2,1H3. The van der Waals surface area contributed by atoms with Gasteiger partial charge in [0.1, 0.15) is 5.82 Å². The van der Waals surface area contributed by atoms with E-state index in [0.29, 0.717) is 11.1 Å². The monoisotopic (exact) mass is 295 g/mol. The first kappa shape index (κ1) is 16.2. The van der Waals surface area contributed by atoms with Crippen LogP contribution in [0.15, 0.2) is 42.5 Å². The van der Waals surface area contributed by atoms with Gasteiger partial charge in [0.15, 0.2) is 0 Å². The number of hydrogen-bond acceptors (Lipinski definition) is 1. The lowest BCUT2D eigenvalue weighted by Crippen LogP contribution is -1.89. The van der Waals surface area contributed by atoms with E-state index in [2.05, 4.69) is 19.1 Å². The quantitative estimate of drug-likeness (QED) is 0.585. The van der Waals surface area contributed by atoms with Gasteiger partial charge < -0.3 is 0 Å². The minimum atomic E-state index is -0.341. The molecular weight excluding hydrogens is 273 g/mol. The number of benzene rings is 2. The molecule has 0 atom stereocenters. The molecule has 0 aromatic heterocycles. The van der Waals surface area contributed by atoms with Gasteiger partial charge in [0, 0.05) is 5.56 Å². The van der Waals surface area contributed by atoms with Crippen LogP contribution >= 0.6 is 0 Å². The Hall–Kier alpha value is -2.14. The molecule has 0 bridgehead atoms. The van der Waals surface area contributed by atoms with Crippen LogP contribution in [0.1, 0.15) is 50.2 Å². The van der Waals surface area contributed by atoms with E-state index in [0.717, 1.165) is 12.0 Å². The van der Waals surface area contributed by atoms with Crippen LogP contribution in [-0.4, -0.2) is 0 Å². The molecule has 1 nitrogen and oxygen atoms in total. The molecule has 0 aliphatic carbocycles. The zero-order chi connectivity index (χ0) is 15.8. The first-order valence-corrected chi connectivity index (χ1v) is 8.03. The molecular formula is C20H22FN. The Balaban J connectivity index is 1.98. The van der Waals surface area contributed by atoms with Crippen LogP contribution in [0.4, 0.5) is 4.39 Å². The number of rotatable bonds is 7. The SMILES string of the molecule is CCCCCCCc1ccc(-c2ccc(C#N)cc2F)cc1. The van der Waals surface area contributed by atoms with Crippen LogP contribution < -0.4 is 0 Å². The predicted molar refractivity (Wildman–Crippen MR) is 89.0 cm³/mol. The molecule has 0 saturated heterocycles. The Morgan fingerprint density at radius 3 is 2.32 bits per heavy atom. The minimum Gasteiger partial charge on any atom is -0.206 e. The van der Waals surface area contributed by atoms with Crippen LogP contribution in [-0.2, 0) is 6.42 Å². The number of hydrogen-bond donors (Lipinski definition) is 0. The Morgan fingerprint density at radius 1 is 0.955 bits per heavy atom. The maximum atomic E-state index is 14.0. The molecule has 0 fully saturated rings. The van der Waals surface area contributed by atoms with Crippen molar-refractivity contribution in [1.29, 1.82) is 5.26 Å². The van der Waals surface area contributed by atoms with Crippen LogP contribution in [0.3, 0.4) is 0 Å². The van der Waals surface area contributed by atoms with Gasteiger partial charge in [-0.15, -0.1) is 0 Å². The molecule has 22 heavy (non-hydrogen) atoms. The lowest BCUT2D eigenvalue weighted by molar-refractivity contribution is 0.630. The van der Waals surface area contributed by atoms with Gasteiger partial charge in [0.2, 0.25) is 0 Å². The third-order valence-electron chi connectivity index (χ3n) is 3.93. The van der Waals surface area contributed by atoms with E-state index in [1.54, 1.807) is 12.1 Å². The lowest BCUT2D eigenvalue weighted by atomic mass is 10.00. The van der Waals surface area contributed by atoms with Crippen molar-refractivity contribution >= 4 is 0 Å². The number of nitriles is 1. The predicted octanol–water partition coefficient (Wildman–Crippen LogP) is 5.88. The Labute approximate surface area is 132 Å². The average molecular weight is 295 g/mol. The molecule has 2 rings (SSSR count). The van der Waals surface area contributed by atoms with E-state index < -0.39 is 0 Å². The summed E-state index contributed by atoms with van der Waals surface area (Å²) in [6, 6.07) is 14.6. The average Bonchev–Trinajstić information content (AvgIpc) is 2.55. The molecule has 0 aliphatic rings. The molecule has 0 unspecified atom stereocenters. The van der Waals surface area contributed by atoms with Gasteiger partial charge >= 0.3 is 0 Å². The Kier molecular flexibility index (Phi) is 6.15. The number of unbranched alkanes of at least 4 members (excludes halogenated alkanes) is 4. The molecule has 0 spiro atoms. The summed E-state index contributed by atoms with van der Waals surface area (Å²) in [6.45, 7) is 2.22. The zero-order valence-corrected chi connectivity index (χ0v) is 13.1. The van der Waals surface area contributed by atoms with E-state index in [1.165, 1.54) is 43.7 Å². The second-order valence-corrected chi connectivity index (χ2v) is 5.67. The fourth-order valence-electron chi connectivity index (χ4n) is 2.60. The molecule has 114 valence electrons. The summed E-state index contributed by atoms with van der Waals surface area (Å²) in [4.78, 5) is 0. The highest BCUT2D eigenvalue weighted by Crippen LogP contribution is 2.24. The van der Waals surface area contributed by atoms with Gasteiger partial charge in [-0.2, -0.15) is 5.26 Å². The van der Waals surface area contributed by atoms with Gasteiger partial charge in [0.25, 0.3) is 0 Å². The molecule has 2 aromatic carbocycles. The summed E-state index contributed by atoms with van der Waals surface area (Å²) in [5.41, 5.74) is 3.06. The summed E-state index contributed by atoms with van der Waals surface area (Å²) >= 11 is 0. The van der Waals surface area contributed by atoms with Crippen molar-refractivity contribution in [3.8, 4) is 17.2 Å². The Morgan fingerprint density at radius 2 is 1.68 bits per heavy atom. The number of aryl methyl sites for hydroxylation is 1. The summed E-state index contributed by atoms with van der Waals surface area (Å²) in [5.74, 6) is -0.341. The molecule has 0 heterocycles. The number of halogens is 1. The summed E-state index contributed by atoms with van der Waals surface area (Å²) in [6.07, 6.45) is 7.47. The van der Waals surface area contributed by atoms with Gasteiger partial charge in [-0.3, -0.25) is 0 Å². The first-order chi connectivity index (χ1) is 10.7. The van der Waals surface area contributed by atoms with Crippen LogP contribution in [0, 0.1) is 17.1 Å². The second-order valence-electron chi connectivity index (χ2n) is 5.67. The highest BCUT2D eigenvalue weighted by Gasteiger charge is 2.06. The summed E-state index contributed by atoms with van der Waals surface area (Å²) < 4.78 is 14.0. The summed E-state index contributed by atoms with van der Waals surface area (Å²) in [7, 11) is 0. The minimum absolute atomic E-state index is 0.341. The lowest BCUT2D eigenvalue weighted by Gasteiger charge is -2.06. The first-order valence-electron chi connectivity index (χ1n) is 8.03. The van der Waals surface area contributed by atoms with Crippen LogP contribution in [0.25, 0.3) is 11.1 Å². The molecule has 0 N–H and O–H groups in total. The molecule has 2 heteroatoms. The normalized spacial score (nSPS) is 10.4. The second kappa shape index (κ2) is 8.34. The van der Waals surface area contributed by atoms with Gasteiger partial charge in [-0.25, -0.2) is 4.39 Å². The van der Waals surface area contributed by atoms with Crippen molar-refractivity contribution in [2.24, 2.45) is 0 Å². The van der Waals surface area contributed by atoms with Crippen molar-refractivity contribution < 1.29 is 4.39 Å². The zero-order valence-electron chi connectivity index (χ0n) is 13.1. The van der Waals surface area contributed by atoms with E-state index in [4.69, 9.17) is 5.26 Å². The van der Waals surface area contributed by atoms with E-state index in [-0.39, 0.29) is 5.82 Å². The van der Waals surface area contributed by atoms with Crippen LogP contribution in [0.2, 0.25) is 0 Å². The number of nitrogens with zero attached hydrogens (tertiary/aromatic N) is 1. The topological polar surface area (TPSA) is 23.8 Å². The van der Waals surface area contributed by atoms with Gasteiger partial charge in [0.05, 0.1) is 11.6 Å². The molecule has 2 aromatic rings. The van der Waals surface area contributed by atoms with Crippen molar-refractivity contribution in [2.45, 2.75) is 45.4 Å². The fourth-order valence-corrected chi connectivity index (χ4v) is 2.60. The fraction of sp³-hybridized carbons (Fsp3) is 0.350. The maximum Gasteiger partial charge on any atom is 0.132 e. The Bertz CT molecular complexity index is 638. The van der Waals surface area contributed by atoms with E-state index in [9.17, 15) is 4.39 Å². The largest absolute Gasteiger partial charge is 0.206 e. The molecule has 0 radical (unpaired) electrons. The van der Waals surface area contributed by atoms with E-state index in [1.807, 2.05) is 18.2 Å². The van der Waals surface area contributed by atoms with Crippen molar-refractivity contribution in [3.05, 3.63) is 59.4 Å². The molecule has 0 aliphatic heterocycles. The highest BCUT2D eigenvalue weighted by atomic mass is 19.1. The van der Waals surface area contributed by atoms with Crippen molar-refractivity contribution in [2.75, 3.05) is 0 Å². The molecule has 0 saturated carbocycles. The maximum absolute atomic E-state index is 14.0. The van der Waals surface area contributed by atoms with E-state index >= 15 is 0 Å².